The predicted octanol–water partition coefficient (Wildman–Crippen LogP) is 3.19. The maximum Gasteiger partial charge on any atom is 0.408 e. The van der Waals surface area contributed by atoms with Crippen molar-refractivity contribution in [3.63, 3.8) is 0 Å². The van der Waals surface area contributed by atoms with E-state index >= 15 is 0 Å². The summed E-state index contributed by atoms with van der Waals surface area (Å²) < 4.78 is 50.3. The van der Waals surface area contributed by atoms with Crippen LogP contribution in [0.15, 0.2) is 24.5 Å². The van der Waals surface area contributed by atoms with Crippen molar-refractivity contribution in [2.45, 2.75) is 44.9 Å². The number of amides is 2. The van der Waals surface area contributed by atoms with Crippen molar-refractivity contribution >= 4 is 23.3 Å². The predicted molar refractivity (Wildman–Crippen MR) is 124 cm³/mol. The van der Waals surface area contributed by atoms with Crippen LogP contribution in [-0.2, 0) is 29.1 Å². The van der Waals surface area contributed by atoms with Crippen molar-refractivity contribution in [2.75, 3.05) is 19.7 Å². The molecule has 36 heavy (non-hydrogen) atoms. The number of hydrogen-bond donors (Lipinski definition) is 1. The molecule has 1 fully saturated rings. The van der Waals surface area contributed by atoms with Gasteiger partial charge < -0.3 is 15.0 Å². The Bertz CT molecular complexity index is 1290. The number of fused-ring (bicyclic) bond motifs is 3. The smallest absolute Gasteiger partial charge is 0.408 e. The molecule has 9 nitrogen and oxygen atoms in total. The molecule has 3 aromatic rings. The van der Waals surface area contributed by atoms with Crippen LogP contribution in [0.3, 0.4) is 0 Å². The standard InChI is InChI=1S/C23H23F3N6O3S/c24-23(25,26)12-32-22(28-13-29-32)21-20-15-4-3-14(10-16(15)35-9-6-17(20)36-30-21)11-27-18(33)5-8-31-7-1-2-19(31)34/h3-4,10,13H,1-2,5-9,11-12H2,(H,27,33). The summed E-state index contributed by atoms with van der Waals surface area (Å²) in [4.78, 5) is 30.6. The molecule has 1 N–H and O–H groups in total. The van der Waals surface area contributed by atoms with Crippen molar-refractivity contribution in [2.24, 2.45) is 0 Å². The molecule has 0 spiro atoms. The molecule has 1 aromatic carbocycles. The number of rotatable bonds is 7. The maximum absolute atomic E-state index is 13.0. The average molecular weight is 521 g/mol. The van der Waals surface area contributed by atoms with E-state index in [1.165, 1.54) is 11.5 Å². The van der Waals surface area contributed by atoms with Gasteiger partial charge in [0, 0.05) is 54.9 Å². The minimum atomic E-state index is -4.44. The Kier molecular flexibility index (Phi) is 6.65. The number of carbonyl (C=O) groups is 2. The summed E-state index contributed by atoms with van der Waals surface area (Å²) in [5.74, 6) is 0.544. The summed E-state index contributed by atoms with van der Waals surface area (Å²) in [7, 11) is 0. The molecule has 0 atom stereocenters. The van der Waals surface area contributed by atoms with Gasteiger partial charge >= 0.3 is 6.18 Å². The van der Waals surface area contributed by atoms with E-state index in [4.69, 9.17) is 4.74 Å². The number of likely N-dealkylation sites (tertiary alicyclic amines) is 1. The van der Waals surface area contributed by atoms with Crippen LogP contribution in [-0.4, -0.2) is 61.7 Å². The number of hydrogen-bond acceptors (Lipinski definition) is 7. The lowest BCUT2D eigenvalue weighted by Crippen LogP contribution is -2.31. The van der Waals surface area contributed by atoms with Crippen molar-refractivity contribution in [1.82, 2.24) is 29.4 Å². The van der Waals surface area contributed by atoms with Crippen LogP contribution in [0.1, 0.15) is 29.7 Å². The van der Waals surface area contributed by atoms with E-state index in [-0.39, 0.29) is 30.6 Å². The molecule has 0 radical (unpaired) electrons. The topological polar surface area (TPSA) is 102 Å². The van der Waals surface area contributed by atoms with Gasteiger partial charge in [-0.1, -0.05) is 12.1 Å². The molecule has 13 heteroatoms. The number of carbonyl (C=O) groups excluding carboxylic acids is 2. The third kappa shape index (κ3) is 5.20. The Hall–Kier alpha value is -3.48. The summed E-state index contributed by atoms with van der Waals surface area (Å²) >= 11 is 1.21. The van der Waals surface area contributed by atoms with Gasteiger partial charge in [-0.2, -0.15) is 22.6 Å². The summed E-state index contributed by atoms with van der Waals surface area (Å²) in [6.45, 7) is 0.514. The van der Waals surface area contributed by atoms with E-state index < -0.39 is 12.7 Å². The fourth-order valence-electron chi connectivity index (χ4n) is 4.38. The Morgan fingerprint density at radius 2 is 2.11 bits per heavy atom. The minimum Gasteiger partial charge on any atom is -0.493 e. The zero-order valence-electron chi connectivity index (χ0n) is 19.2. The normalized spacial score (nSPS) is 15.3. The van der Waals surface area contributed by atoms with Gasteiger partial charge in [0.05, 0.1) is 6.61 Å². The third-order valence-electron chi connectivity index (χ3n) is 6.09. The summed E-state index contributed by atoms with van der Waals surface area (Å²) in [6.07, 6.45) is -1.19. The highest BCUT2D eigenvalue weighted by molar-refractivity contribution is 7.06. The molecule has 190 valence electrons. The molecule has 2 aliphatic rings. The second-order valence-electron chi connectivity index (χ2n) is 8.63. The summed E-state index contributed by atoms with van der Waals surface area (Å²) in [5.41, 5.74) is 2.54. The second kappa shape index (κ2) is 9.88. The molecule has 5 rings (SSSR count). The molecule has 2 aliphatic heterocycles. The van der Waals surface area contributed by atoms with E-state index in [1.54, 1.807) is 4.90 Å². The van der Waals surface area contributed by atoms with Crippen LogP contribution in [0.25, 0.3) is 22.6 Å². The fraction of sp³-hybridized carbons (Fsp3) is 0.435. The van der Waals surface area contributed by atoms with Gasteiger partial charge in [-0.25, -0.2) is 9.67 Å². The van der Waals surface area contributed by atoms with Gasteiger partial charge in [-0.15, -0.1) is 0 Å². The third-order valence-corrected chi connectivity index (χ3v) is 6.99. The van der Waals surface area contributed by atoms with Crippen molar-refractivity contribution in [1.29, 1.82) is 0 Å². The number of ether oxygens (including phenoxy) is 1. The van der Waals surface area contributed by atoms with Crippen LogP contribution < -0.4 is 10.1 Å². The van der Waals surface area contributed by atoms with Crippen LogP contribution in [0.4, 0.5) is 13.2 Å². The molecule has 4 heterocycles. The zero-order valence-corrected chi connectivity index (χ0v) is 20.0. The Morgan fingerprint density at radius 1 is 1.25 bits per heavy atom. The van der Waals surface area contributed by atoms with Crippen molar-refractivity contribution < 1.29 is 27.5 Å². The molecular weight excluding hydrogens is 497 g/mol. The van der Waals surface area contributed by atoms with E-state index in [2.05, 4.69) is 19.8 Å². The maximum atomic E-state index is 13.0. The monoisotopic (exact) mass is 520 g/mol. The Labute approximate surface area is 208 Å². The first-order valence-corrected chi connectivity index (χ1v) is 12.3. The zero-order chi connectivity index (χ0) is 25.3. The number of nitrogens with one attached hydrogen (secondary N) is 1. The van der Waals surface area contributed by atoms with E-state index in [0.29, 0.717) is 55.1 Å². The first-order valence-electron chi connectivity index (χ1n) is 11.5. The molecule has 0 unspecified atom stereocenters. The van der Waals surface area contributed by atoms with E-state index in [1.807, 2.05) is 18.2 Å². The highest BCUT2D eigenvalue weighted by Crippen LogP contribution is 2.43. The number of nitrogens with zero attached hydrogens (tertiary/aromatic N) is 5. The Balaban J connectivity index is 1.33. The minimum absolute atomic E-state index is 0.0468. The lowest BCUT2D eigenvalue weighted by atomic mass is 10.00. The van der Waals surface area contributed by atoms with Crippen LogP contribution >= 0.6 is 11.5 Å². The van der Waals surface area contributed by atoms with Crippen molar-refractivity contribution in [3.05, 3.63) is 35.0 Å². The first-order chi connectivity index (χ1) is 17.3. The van der Waals surface area contributed by atoms with E-state index in [9.17, 15) is 22.8 Å². The van der Waals surface area contributed by atoms with Gasteiger partial charge in [-0.05, 0) is 29.6 Å². The van der Waals surface area contributed by atoms with Gasteiger partial charge in [0.25, 0.3) is 0 Å². The molecule has 2 aromatic heterocycles. The largest absolute Gasteiger partial charge is 0.493 e. The highest BCUT2D eigenvalue weighted by Gasteiger charge is 2.32. The Morgan fingerprint density at radius 3 is 2.89 bits per heavy atom. The van der Waals surface area contributed by atoms with Crippen molar-refractivity contribution in [3.8, 4) is 28.4 Å². The lowest BCUT2D eigenvalue weighted by molar-refractivity contribution is -0.142. The summed E-state index contributed by atoms with van der Waals surface area (Å²) in [5, 5.41) is 6.61. The number of benzene rings is 1. The lowest BCUT2D eigenvalue weighted by Gasteiger charge is -2.15. The number of alkyl halides is 3. The van der Waals surface area contributed by atoms with E-state index in [0.717, 1.165) is 27.9 Å². The fourth-order valence-corrected chi connectivity index (χ4v) is 5.23. The number of aromatic nitrogens is 4. The van der Waals surface area contributed by atoms with Gasteiger partial charge in [0.15, 0.2) is 5.82 Å². The quantitative estimate of drug-likeness (QED) is 0.514. The first kappa shape index (κ1) is 24.2. The number of halogens is 3. The van der Waals surface area contributed by atoms with Crippen LogP contribution in [0, 0.1) is 0 Å². The summed E-state index contributed by atoms with van der Waals surface area (Å²) in [6, 6.07) is 5.48. The van der Waals surface area contributed by atoms with Crippen LogP contribution in [0.2, 0.25) is 0 Å². The SMILES string of the molecule is O=C(CCN1CCCC1=O)NCc1ccc2c(c1)OCCc1snc(-c3ncnn3CC(F)(F)F)c1-2. The molecule has 2 amide bonds. The molecule has 0 aliphatic carbocycles. The molecule has 0 bridgehead atoms. The van der Waals surface area contributed by atoms with Crippen LogP contribution in [0.5, 0.6) is 5.75 Å². The average Bonchev–Trinajstić information content (AvgIpc) is 3.53. The molecular formula is C23H23F3N6O3S. The molecule has 0 saturated carbocycles. The van der Waals surface area contributed by atoms with Gasteiger partial charge in [-0.3, -0.25) is 9.59 Å². The second-order valence-corrected chi connectivity index (χ2v) is 9.48. The van der Waals surface area contributed by atoms with Gasteiger partial charge in [0.1, 0.15) is 24.3 Å². The highest BCUT2D eigenvalue weighted by atomic mass is 32.1. The van der Waals surface area contributed by atoms with Gasteiger partial charge in [0.2, 0.25) is 11.8 Å². The molecule has 1 saturated heterocycles.